The lowest BCUT2D eigenvalue weighted by Crippen LogP contribution is -2.47. The highest BCUT2D eigenvalue weighted by atomic mass is 35.7. The number of hydrogen-bond donors (Lipinski definition) is 0. The Hall–Kier alpha value is -1.14. The maximum Gasteiger partial charge on any atom is 0.324 e. The van der Waals surface area contributed by atoms with Crippen LogP contribution in [0.5, 0.6) is 0 Å². The minimum absolute atomic E-state index is 0.163. The SMILES string of the molecule is O=C1CC(c2ccncc2)N1S(=O)(=O)Cl. The number of pyridine rings is 1. The van der Waals surface area contributed by atoms with Crippen molar-refractivity contribution in [3.8, 4) is 0 Å². The van der Waals surface area contributed by atoms with Crippen LogP contribution in [0.2, 0.25) is 0 Å². The molecule has 1 atom stereocenters. The molecule has 1 aliphatic heterocycles. The molecule has 0 spiro atoms. The molecule has 1 saturated heterocycles. The van der Waals surface area contributed by atoms with Crippen LogP contribution >= 0.6 is 10.7 Å². The molecule has 0 radical (unpaired) electrons. The van der Waals surface area contributed by atoms with Crippen molar-refractivity contribution in [2.45, 2.75) is 12.5 Å². The number of nitrogens with zero attached hydrogens (tertiary/aromatic N) is 2. The zero-order chi connectivity index (χ0) is 11.1. The van der Waals surface area contributed by atoms with Gasteiger partial charge in [-0.05, 0) is 17.7 Å². The van der Waals surface area contributed by atoms with Crippen molar-refractivity contribution < 1.29 is 13.2 Å². The lowest BCUT2D eigenvalue weighted by atomic mass is 9.98. The first-order valence-corrected chi connectivity index (χ1v) is 6.43. The summed E-state index contributed by atoms with van der Waals surface area (Å²) < 4.78 is 22.8. The summed E-state index contributed by atoms with van der Waals surface area (Å²) in [5.74, 6) is -0.480. The Morgan fingerprint density at radius 1 is 1.40 bits per heavy atom. The second-order valence-corrected chi connectivity index (χ2v) is 5.52. The standard InChI is InChI=1S/C8H7ClN2O3S/c9-15(13,14)11-7(5-8(11)12)6-1-3-10-4-2-6/h1-4,7H,5H2. The fourth-order valence-corrected chi connectivity index (χ4v) is 2.85. The summed E-state index contributed by atoms with van der Waals surface area (Å²) >= 11 is 0. The van der Waals surface area contributed by atoms with Crippen molar-refractivity contribution in [2.75, 3.05) is 0 Å². The lowest BCUT2D eigenvalue weighted by Gasteiger charge is -2.37. The van der Waals surface area contributed by atoms with E-state index in [2.05, 4.69) is 4.98 Å². The van der Waals surface area contributed by atoms with E-state index in [1.165, 1.54) is 12.4 Å². The summed E-state index contributed by atoms with van der Waals surface area (Å²) in [6, 6.07) is 2.83. The zero-order valence-electron chi connectivity index (χ0n) is 7.50. The Labute approximate surface area is 91.2 Å². The second kappa shape index (κ2) is 3.46. The highest BCUT2D eigenvalue weighted by molar-refractivity contribution is 8.12. The molecule has 1 fully saturated rings. The monoisotopic (exact) mass is 246 g/mol. The molecule has 1 aliphatic rings. The molecule has 80 valence electrons. The smallest absolute Gasteiger partial charge is 0.274 e. The first-order valence-electron chi connectivity index (χ1n) is 4.17. The Bertz CT molecular complexity index is 488. The van der Waals surface area contributed by atoms with E-state index in [1.54, 1.807) is 12.1 Å². The van der Waals surface area contributed by atoms with Crippen molar-refractivity contribution in [3.63, 3.8) is 0 Å². The molecule has 2 heterocycles. The summed E-state index contributed by atoms with van der Waals surface area (Å²) in [5.41, 5.74) is 0.717. The molecule has 0 aliphatic carbocycles. The first kappa shape index (κ1) is 10.4. The van der Waals surface area contributed by atoms with E-state index in [0.29, 0.717) is 9.87 Å². The normalized spacial score (nSPS) is 21.3. The van der Waals surface area contributed by atoms with Gasteiger partial charge in [0, 0.05) is 23.1 Å². The number of hydrogen-bond acceptors (Lipinski definition) is 4. The van der Waals surface area contributed by atoms with Crippen molar-refractivity contribution in [3.05, 3.63) is 30.1 Å². The minimum Gasteiger partial charge on any atom is -0.274 e. The van der Waals surface area contributed by atoms with Gasteiger partial charge in [0.05, 0.1) is 12.5 Å². The van der Waals surface area contributed by atoms with Crippen molar-refractivity contribution in [1.82, 2.24) is 9.29 Å². The number of amides is 1. The number of carbonyl (C=O) groups is 1. The summed E-state index contributed by atoms with van der Waals surface area (Å²) in [6.07, 6.45) is 3.24. The van der Waals surface area contributed by atoms with E-state index in [0.717, 1.165) is 0 Å². The Morgan fingerprint density at radius 2 is 2.00 bits per heavy atom. The number of rotatable bonds is 2. The number of aromatic nitrogens is 1. The number of β-lactam (4-membered cyclic amide) rings is 1. The Kier molecular flexibility index (Phi) is 2.40. The number of carbonyl (C=O) groups excluding carboxylic acids is 1. The van der Waals surface area contributed by atoms with Gasteiger partial charge < -0.3 is 0 Å². The van der Waals surface area contributed by atoms with E-state index in [9.17, 15) is 13.2 Å². The average Bonchev–Trinajstić information content (AvgIpc) is 2.12. The van der Waals surface area contributed by atoms with Crippen LogP contribution in [0.4, 0.5) is 0 Å². The zero-order valence-corrected chi connectivity index (χ0v) is 9.07. The van der Waals surface area contributed by atoms with E-state index < -0.39 is 21.2 Å². The summed E-state index contributed by atoms with van der Waals surface area (Å²) in [7, 11) is 1.16. The topological polar surface area (TPSA) is 67.3 Å². The van der Waals surface area contributed by atoms with Gasteiger partial charge in [0.15, 0.2) is 0 Å². The van der Waals surface area contributed by atoms with Crippen LogP contribution in [0.3, 0.4) is 0 Å². The van der Waals surface area contributed by atoms with Gasteiger partial charge >= 0.3 is 9.24 Å². The third kappa shape index (κ3) is 1.82. The van der Waals surface area contributed by atoms with Gasteiger partial charge in [-0.25, -0.2) is 4.31 Å². The van der Waals surface area contributed by atoms with Crippen LogP contribution in [0.1, 0.15) is 18.0 Å². The molecule has 0 N–H and O–H groups in total. The van der Waals surface area contributed by atoms with Gasteiger partial charge in [0.2, 0.25) is 5.91 Å². The molecule has 15 heavy (non-hydrogen) atoms. The summed E-state index contributed by atoms with van der Waals surface area (Å²) in [6.45, 7) is 0. The van der Waals surface area contributed by atoms with Gasteiger partial charge in [0.1, 0.15) is 0 Å². The molecular formula is C8H7ClN2O3S. The van der Waals surface area contributed by atoms with Gasteiger partial charge in [-0.3, -0.25) is 9.78 Å². The quantitative estimate of drug-likeness (QED) is 0.573. The highest BCUT2D eigenvalue weighted by Crippen LogP contribution is 2.37. The molecule has 1 unspecified atom stereocenters. The van der Waals surface area contributed by atoms with Crippen LogP contribution in [0, 0.1) is 0 Å². The Morgan fingerprint density at radius 3 is 2.47 bits per heavy atom. The predicted molar refractivity (Wildman–Crippen MR) is 53.2 cm³/mol. The molecule has 0 bridgehead atoms. The van der Waals surface area contributed by atoms with E-state index in [1.807, 2.05) is 0 Å². The minimum atomic E-state index is -3.98. The van der Waals surface area contributed by atoms with E-state index in [-0.39, 0.29) is 6.42 Å². The summed E-state index contributed by atoms with van der Waals surface area (Å²) in [5, 5.41) is 0. The molecule has 7 heteroatoms. The molecule has 2 rings (SSSR count). The van der Waals surface area contributed by atoms with Crippen LogP contribution in [0.25, 0.3) is 0 Å². The molecule has 1 aromatic rings. The first-order chi connectivity index (χ1) is 7.00. The maximum absolute atomic E-state index is 11.1. The van der Waals surface area contributed by atoms with Gasteiger partial charge in [-0.15, -0.1) is 0 Å². The predicted octanol–water partition coefficient (Wildman–Crippen LogP) is 0.839. The Balaban J connectivity index is 2.31. The molecule has 1 amide bonds. The van der Waals surface area contributed by atoms with E-state index >= 15 is 0 Å². The van der Waals surface area contributed by atoms with Crippen molar-refractivity contribution in [1.29, 1.82) is 0 Å². The average molecular weight is 247 g/mol. The van der Waals surface area contributed by atoms with Gasteiger partial charge in [-0.1, -0.05) is 0 Å². The van der Waals surface area contributed by atoms with Crippen LogP contribution < -0.4 is 0 Å². The molecule has 0 saturated carbocycles. The molecular weight excluding hydrogens is 240 g/mol. The van der Waals surface area contributed by atoms with Crippen molar-refractivity contribution in [2.24, 2.45) is 0 Å². The molecule has 0 aromatic carbocycles. The van der Waals surface area contributed by atoms with Crippen LogP contribution in [-0.2, 0) is 14.0 Å². The fourth-order valence-electron chi connectivity index (χ4n) is 1.51. The van der Waals surface area contributed by atoms with Gasteiger partial charge in [0.25, 0.3) is 0 Å². The fraction of sp³-hybridized carbons (Fsp3) is 0.250. The maximum atomic E-state index is 11.1. The van der Waals surface area contributed by atoms with Crippen molar-refractivity contribution >= 4 is 25.8 Å². The number of halogens is 1. The van der Waals surface area contributed by atoms with E-state index in [4.69, 9.17) is 10.7 Å². The highest BCUT2D eigenvalue weighted by Gasteiger charge is 2.44. The van der Waals surface area contributed by atoms with Crippen LogP contribution in [-0.4, -0.2) is 23.6 Å². The third-order valence-corrected chi connectivity index (χ3v) is 3.60. The van der Waals surface area contributed by atoms with Crippen LogP contribution in [0.15, 0.2) is 24.5 Å². The largest absolute Gasteiger partial charge is 0.324 e. The van der Waals surface area contributed by atoms with Gasteiger partial charge in [-0.2, -0.15) is 8.42 Å². The second-order valence-electron chi connectivity index (χ2n) is 3.13. The third-order valence-electron chi connectivity index (χ3n) is 2.22. The lowest BCUT2D eigenvalue weighted by molar-refractivity contribution is -0.137. The molecule has 5 nitrogen and oxygen atoms in total. The summed E-state index contributed by atoms with van der Waals surface area (Å²) in [4.78, 5) is 14.9. The molecule has 1 aromatic heterocycles.